The van der Waals surface area contributed by atoms with Crippen LogP contribution in [0.4, 0.5) is 17.1 Å². The van der Waals surface area contributed by atoms with Crippen LogP contribution in [0.15, 0.2) is 52.4 Å². The summed E-state index contributed by atoms with van der Waals surface area (Å²) in [6.45, 7) is 2.17. The van der Waals surface area contributed by atoms with E-state index >= 15 is 0 Å². The average Bonchev–Trinajstić information content (AvgIpc) is 3.23. The Morgan fingerprint density at radius 3 is 2.53 bits per heavy atom. The number of amidine groups is 1. The molecule has 2 aliphatic heterocycles. The fourth-order valence-corrected chi connectivity index (χ4v) is 4.45. The van der Waals surface area contributed by atoms with Crippen LogP contribution in [0.3, 0.4) is 0 Å². The summed E-state index contributed by atoms with van der Waals surface area (Å²) in [6, 6.07) is 11.3. The largest absolute Gasteiger partial charge is 0.324 e. The summed E-state index contributed by atoms with van der Waals surface area (Å²) in [5.74, 6) is -0.913. The van der Waals surface area contributed by atoms with E-state index < -0.39 is 10.8 Å². The molecule has 0 aromatic heterocycles. The topological polar surface area (TPSA) is 96.1 Å². The molecule has 152 valence electrons. The van der Waals surface area contributed by atoms with Gasteiger partial charge in [0.15, 0.2) is 5.17 Å². The van der Waals surface area contributed by atoms with Gasteiger partial charge in [0.2, 0.25) is 0 Å². The number of hydrogen-bond donors (Lipinski definition) is 0. The van der Waals surface area contributed by atoms with E-state index in [2.05, 4.69) is 4.99 Å². The van der Waals surface area contributed by atoms with Crippen LogP contribution in [0.1, 0.15) is 12.5 Å². The van der Waals surface area contributed by atoms with E-state index in [1.165, 1.54) is 23.1 Å². The number of nitrogens with zero attached hydrogens (tertiary/aromatic N) is 4. The summed E-state index contributed by atoms with van der Waals surface area (Å²) < 4.78 is 0. The molecule has 0 bridgehead atoms. The second kappa shape index (κ2) is 7.58. The number of nitro groups is 1. The zero-order valence-corrected chi connectivity index (χ0v) is 17.5. The fourth-order valence-electron chi connectivity index (χ4n) is 3.34. The molecule has 2 aromatic carbocycles. The van der Waals surface area contributed by atoms with Crippen LogP contribution in [0.5, 0.6) is 0 Å². The maximum atomic E-state index is 13.0. The quantitative estimate of drug-likeness (QED) is 0.403. The van der Waals surface area contributed by atoms with Crippen LogP contribution in [0, 0.1) is 10.1 Å². The lowest BCUT2D eigenvalue weighted by atomic mass is 10.1. The summed E-state index contributed by atoms with van der Waals surface area (Å²) in [7, 11) is 1.75. The molecule has 0 atom stereocenters. The van der Waals surface area contributed by atoms with Gasteiger partial charge in [0.05, 0.1) is 21.1 Å². The van der Waals surface area contributed by atoms with Crippen LogP contribution in [0.2, 0.25) is 5.02 Å². The zero-order chi connectivity index (χ0) is 21.6. The number of thioether (sulfide) groups is 1. The van der Waals surface area contributed by atoms with E-state index in [0.717, 1.165) is 17.4 Å². The molecule has 0 radical (unpaired) electrons. The first-order valence-electron chi connectivity index (χ1n) is 8.97. The van der Waals surface area contributed by atoms with Crippen LogP contribution in [-0.2, 0) is 9.59 Å². The molecule has 2 aromatic rings. The number of nitro benzene ring substituents is 1. The van der Waals surface area contributed by atoms with E-state index in [4.69, 9.17) is 11.6 Å². The predicted molar refractivity (Wildman–Crippen MR) is 118 cm³/mol. The number of halogens is 1. The van der Waals surface area contributed by atoms with Gasteiger partial charge in [-0.2, -0.15) is 4.99 Å². The standard InChI is InChI=1S/C20H15ClN4O4S/c1-3-24-15-9-8-13(25(28)29)10-14(15)16(19(24)27)17-18(26)22-20(30-17)23(2)12-6-4-11(21)5-7-12/h4-10H,3H2,1-2H3. The minimum absolute atomic E-state index is 0.146. The molecule has 2 amide bonds. The highest BCUT2D eigenvalue weighted by molar-refractivity contribution is 8.19. The average molecular weight is 443 g/mol. The third-order valence-electron chi connectivity index (χ3n) is 4.84. The number of amides is 2. The minimum Gasteiger partial charge on any atom is -0.324 e. The summed E-state index contributed by atoms with van der Waals surface area (Å²) in [5.41, 5.74) is 1.69. The number of benzene rings is 2. The summed E-state index contributed by atoms with van der Waals surface area (Å²) >= 11 is 7.00. The molecule has 4 rings (SSSR count). The van der Waals surface area contributed by atoms with Crippen LogP contribution >= 0.6 is 23.4 Å². The highest BCUT2D eigenvalue weighted by Crippen LogP contribution is 2.45. The van der Waals surface area contributed by atoms with E-state index in [9.17, 15) is 19.7 Å². The highest BCUT2D eigenvalue weighted by atomic mass is 35.5. The first-order chi connectivity index (χ1) is 14.3. The minimum atomic E-state index is -0.547. The predicted octanol–water partition coefficient (Wildman–Crippen LogP) is 4.09. The second-order valence-electron chi connectivity index (χ2n) is 6.55. The van der Waals surface area contributed by atoms with Gasteiger partial charge in [-0.3, -0.25) is 19.7 Å². The lowest BCUT2D eigenvalue weighted by Crippen LogP contribution is -2.26. The van der Waals surface area contributed by atoms with Gasteiger partial charge in [-0.25, -0.2) is 0 Å². The van der Waals surface area contributed by atoms with Crippen molar-refractivity contribution in [2.45, 2.75) is 6.92 Å². The Hall–Kier alpha value is -3.17. The van der Waals surface area contributed by atoms with Crippen molar-refractivity contribution in [3.63, 3.8) is 0 Å². The number of aliphatic imine (C=N–C) groups is 1. The molecule has 0 saturated carbocycles. The first kappa shape index (κ1) is 20.1. The van der Waals surface area contributed by atoms with Crippen LogP contribution in [0.25, 0.3) is 5.57 Å². The molecule has 10 heteroatoms. The Labute approximate surface area is 181 Å². The Bertz CT molecular complexity index is 1160. The van der Waals surface area contributed by atoms with Gasteiger partial charge < -0.3 is 9.80 Å². The van der Waals surface area contributed by atoms with Crippen molar-refractivity contribution >= 4 is 63.0 Å². The van der Waals surface area contributed by atoms with E-state index in [1.807, 2.05) is 0 Å². The number of rotatable bonds is 3. The van der Waals surface area contributed by atoms with Gasteiger partial charge in [0.25, 0.3) is 17.5 Å². The number of non-ortho nitro benzene ring substituents is 1. The van der Waals surface area contributed by atoms with Gasteiger partial charge in [-0.05, 0) is 49.0 Å². The number of fused-ring (bicyclic) bond motifs is 1. The van der Waals surface area contributed by atoms with Crippen LogP contribution in [-0.4, -0.2) is 35.5 Å². The van der Waals surface area contributed by atoms with Crippen molar-refractivity contribution in [2.75, 3.05) is 23.4 Å². The Morgan fingerprint density at radius 1 is 1.20 bits per heavy atom. The van der Waals surface area contributed by atoms with Gasteiger partial charge in [0, 0.05) is 42.0 Å². The number of likely N-dealkylation sites (N-methyl/N-ethyl adjacent to an activating group) is 1. The molecule has 0 N–H and O–H groups in total. The molecule has 0 saturated heterocycles. The molecule has 2 aliphatic rings. The molecule has 0 fully saturated rings. The second-order valence-corrected chi connectivity index (χ2v) is 7.96. The zero-order valence-electron chi connectivity index (χ0n) is 16.0. The Morgan fingerprint density at radius 2 is 1.90 bits per heavy atom. The lowest BCUT2D eigenvalue weighted by molar-refractivity contribution is -0.384. The molecule has 30 heavy (non-hydrogen) atoms. The van der Waals surface area contributed by atoms with Gasteiger partial charge in [0.1, 0.15) is 0 Å². The molecular weight excluding hydrogens is 428 g/mol. The summed E-state index contributed by atoms with van der Waals surface area (Å²) in [4.78, 5) is 43.9. The third kappa shape index (κ3) is 3.25. The van der Waals surface area contributed by atoms with Crippen molar-refractivity contribution < 1.29 is 14.5 Å². The lowest BCUT2D eigenvalue weighted by Gasteiger charge is -2.17. The van der Waals surface area contributed by atoms with Crippen molar-refractivity contribution in [2.24, 2.45) is 4.99 Å². The number of carbonyl (C=O) groups excluding carboxylic acids is 2. The van der Waals surface area contributed by atoms with Gasteiger partial charge in [-0.1, -0.05) is 11.6 Å². The van der Waals surface area contributed by atoms with E-state index in [1.54, 1.807) is 43.1 Å². The van der Waals surface area contributed by atoms with E-state index in [0.29, 0.717) is 28.0 Å². The SMILES string of the molecule is CCN1C(=O)C(=C2SC(N(C)c3ccc(Cl)cc3)=NC2=O)c2cc([N+](=O)[O-])ccc21. The third-order valence-corrected chi connectivity index (χ3v) is 6.22. The van der Waals surface area contributed by atoms with Crippen molar-refractivity contribution in [1.82, 2.24) is 0 Å². The van der Waals surface area contributed by atoms with Crippen molar-refractivity contribution in [3.8, 4) is 0 Å². The van der Waals surface area contributed by atoms with Crippen molar-refractivity contribution in [1.29, 1.82) is 0 Å². The maximum absolute atomic E-state index is 13.0. The Balaban J connectivity index is 1.76. The van der Waals surface area contributed by atoms with Crippen molar-refractivity contribution in [3.05, 3.63) is 68.1 Å². The van der Waals surface area contributed by atoms with Gasteiger partial charge >= 0.3 is 0 Å². The first-order valence-corrected chi connectivity index (χ1v) is 10.2. The molecule has 0 aliphatic carbocycles. The van der Waals surface area contributed by atoms with Gasteiger partial charge in [-0.15, -0.1) is 0 Å². The molecule has 0 spiro atoms. The molecule has 0 unspecified atom stereocenters. The summed E-state index contributed by atoms with van der Waals surface area (Å²) in [5, 5.41) is 12.2. The molecule has 8 nitrogen and oxygen atoms in total. The number of hydrogen-bond acceptors (Lipinski definition) is 6. The number of carbonyl (C=O) groups is 2. The smallest absolute Gasteiger partial charge is 0.287 e. The molecule has 2 heterocycles. The Kier molecular flexibility index (Phi) is 5.08. The highest BCUT2D eigenvalue weighted by Gasteiger charge is 2.39. The summed E-state index contributed by atoms with van der Waals surface area (Å²) in [6.07, 6.45) is 0. The normalized spacial score (nSPS) is 18.0. The van der Waals surface area contributed by atoms with E-state index in [-0.39, 0.29) is 22.1 Å². The fraction of sp³-hybridized carbons (Fsp3) is 0.150. The number of anilines is 2. The monoisotopic (exact) mass is 442 g/mol. The molecular formula is C20H15ClN4O4S. The van der Waals surface area contributed by atoms with Crippen LogP contribution < -0.4 is 9.80 Å². The maximum Gasteiger partial charge on any atom is 0.287 e.